The summed E-state index contributed by atoms with van der Waals surface area (Å²) in [4.78, 5) is 0. The summed E-state index contributed by atoms with van der Waals surface area (Å²) in [6.07, 6.45) is 0. The molecule has 0 heterocycles. The summed E-state index contributed by atoms with van der Waals surface area (Å²) in [5.74, 6) is 0. The van der Waals surface area contributed by atoms with Crippen LogP contribution in [0.2, 0.25) is 0 Å². The van der Waals surface area contributed by atoms with Gasteiger partial charge in [-0.1, -0.05) is 24.3 Å². The number of anilines is 2. The molecule has 14 heavy (non-hydrogen) atoms. The van der Waals surface area contributed by atoms with Crippen LogP contribution in [0.4, 0.5) is 11.4 Å². The second-order valence-electron chi connectivity index (χ2n) is 3.31. The molecular formula is C11H11BrN2. The summed E-state index contributed by atoms with van der Waals surface area (Å²) < 4.78 is 1.03. The van der Waals surface area contributed by atoms with E-state index in [0.29, 0.717) is 11.4 Å². The van der Waals surface area contributed by atoms with Crippen molar-refractivity contribution in [2.45, 2.75) is 6.92 Å². The highest BCUT2D eigenvalue weighted by atomic mass is 79.9. The SMILES string of the molecule is Cc1c(N)c(N)c2ccccc2c1Br. The standard InChI is InChI=1S/C11H11BrN2/c1-6-9(12)7-4-2-3-5-8(7)11(14)10(6)13/h2-5H,13-14H2,1H3. The lowest BCUT2D eigenvalue weighted by atomic mass is 10.0. The number of hydrogen-bond acceptors (Lipinski definition) is 2. The van der Waals surface area contributed by atoms with Gasteiger partial charge >= 0.3 is 0 Å². The molecule has 0 saturated carbocycles. The minimum Gasteiger partial charge on any atom is -0.397 e. The minimum atomic E-state index is 0.663. The summed E-state index contributed by atoms with van der Waals surface area (Å²) in [6, 6.07) is 7.95. The number of rotatable bonds is 0. The number of nitrogen functional groups attached to an aromatic ring is 2. The van der Waals surface area contributed by atoms with Crippen LogP contribution in [0.15, 0.2) is 28.7 Å². The molecule has 0 saturated heterocycles. The molecule has 0 spiro atoms. The normalized spacial score (nSPS) is 10.7. The Kier molecular flexibility index (Phi) is 2.11. The van der Waals surface area contributed by atoms with Gasteiger partial charge in [0.1, 0.15) is 0 Å². The Morgan fingerprint density at radius 1 is 1.00 bits per heavy atom. The largest absolute Gasteiger partial charge is 0.397 e. The first-order valence-corrected chi connectivity index (χ1v) is 5.14. The summed E-state index contributed by atoms with van der Waals surface area (Å²) in [5.41, 5.74) is 14.2. The van der Waals surface area contributed by atoms with Crippen LogP contribution in [0.25, 0.3) is 10.8 Å². The predicted molar refractivity (Wildman–Crippen MR) is 65.2 cm³/mol. The lowest BCUT2D eigenvalue weighted by molar-refractivity contribution is 1.47. The summed E-state index contributed by atoms with van der Waals surface area (Å²) >= 11 is 3.53. The van der Waals surface area contributed by atoms with E-state index in [0.717, 1.165) is 20.8 Å². The predicted octanol–water partition coefficient (Wildman–Crippen LogP) is 3.08. The Balaban J connectivity index is 3.02. The lowest BCUT2D eigenvalue weighted by Crippen LogP contribution is -1.99. The molecule has 72 valence electrons. The Bertz CT molecular complexity index is 460. The maximum absolute atomic E-state index is 5.94. The van der Waals surface area contributed by atoms with Gasteiger partial charge in [0.05, 0.1) is 11.4 Å². The number of hydrogen-bond donors (Lipinski definition) is 2. The average molecular weight is 251 g/mol. The number of nitrogens with two attached hydrogens (primary N) is 2. The van der Waals surface area contributed by atoms with Crippen molar-refractivity contribution >= 4 is 38.1 Å². The van der Waals surface area contributed by atoms with Crippen molar-refractivity contribution in [3.8, 4) is 0 Å². The van der Waals surface area contributed by atoms with Crippen LogP contribution >= 0.6 is 15.9 Å². The summed E-state index contributed by atoms with van der Waals surface area (Å²) in [5, 5.41) is 2.11. The first kappa shape index (κ1) is 9.34. The van der Waals surface area contributed by atoms with Gasteiger partial charge in [0, 0.05) is 9.86 Å². The van der Waals surface area contributed by atoms with Crippen LogP contribution in [0, 0.1) is 6.92 Å². The zero-order valence-electron chi connectivity index (χ0n) is 7.84. The van der Waals surface area contributed by atoms with E-state index in [2.05, 4.69) is 15.9 Å². The first-order chi connectivity index (χ1) is 6.63. The molecule has 2 aromatic carbocycles. The quantitative estimate of drug-likeness (QED) is 0.707. The Morgan fingerprint density at radius 2 is 1.57 bits per heavy atom. The highest BCUT2D eigenvalue weighted by Gasteiger charge is 2.09. The molecule has 0 radical (unpaired) electrons. The number of halogens is 1. The van der Waals surface area contributed by atoms with Crippen molar-refractivity contribution in [2.75, 3.05) is 11.5 Å². The highest BCUT2D eigenvalue weighted by Crippen LogP contribution is 2.36. The molecule has 2 nitrogen and oxygen atoms in total. The molecule has 0 amide bonds. The molecule has 0 bridgehead atoms. The van der Waals surface area contributed by atoms with Crippen LogP contribution in [0.5, 0.6) is 0 Å². The van der Waals surface area contributed by atoms with Gasteiger partial charge in [0.2, 0.25) is 0 Å². The Labute approximate surface area is 91.0 Å². The van der Waals surface area contributed by atoms with Gasteiger partial charge in [-0.3, -0.25) is 0 Å². The fraction of sp³-hybridized carbons (Fsp3) is 0.0909. The van der Waals surface area contributed by atoms with Crippen molar-refractivity contribution < 1.29 is 0 Å². The second-order valence-corrected chi connectivity index (χ2v) is 4.10. The summed E-state index contributed by atoms with van der Waals surface area (Å²) in [6.45, 7) is 1.96. The van der Waals surface area contributed by atoms with Gasteiger partial charge in [0.25, 0.3) is 0 Å². The Hall–Kier alpha value is -1.22. The topological polar surface area (TPSA) is 52.0 Å². The molecule has 0 unspecified atom stereocenters. The van der Waals surface area contributed by atoms with Gasteiger partial charge < -0.3 is 11.5 Å². The van der Waals surface area contributed by atoms with E-state index in [4.69, 9.17) is 11.5 Å². The molecule has 0 fully saturated rings. The maximum Gasteiger partial charge on any atom is 0.0631 e. The van der Waals surface area contributed by atoms with Crippen LogP contribution in [0.1, 0.15) is 5.56 Å². The van der Waals surface area contributed by atoms with Crippen molar-refractivity contribution in [2.24, 2.45) is 0 Å². The van der Waals surface area contributed by atoms with E-state index in [9.17, 15) is 0 Å². The smallest absolute Gasteiger partial charge is 0.0631 e. The van der Waals surface area contributed by atoms with Gasteiger partial charge in [0.15, 0.2) is 0 Å². The fourth-order valence-corrected chi connectivity index (χ4v) is 2.14. The van der Waals surface area contributed by atoms with Crippen LogP contribution < -0.4 is 11.5 Å². The molecule has 0 aliphatic rings. The van der Waals surface area contributed by atoms with Crippen molar-refractivity contribution in [3.63, 3.8) is 0 Å². The van der Waals surface area contributed by atoms with E-state index < -0.39 is 0 Å². The third-order valence-electron chi connectivity index (χ3n) is 2.48. The van der Waals surface area contributed by atoms with Gasteiger partial charge in [-0.2, -0.15) is 0 Å². The molecular weight excluding hydrogens is 240 g/mol. The van der Waals surface area contributed by atoms with Crippen LogP contribution in [-0.4, -0.2) is 0 Å². The van der Waals surface area contributed by atoms with Crippen molar-refractivity contribution in [3.05, 3.63) is 34.3 Å². The van der Waals surface area contributed by atoms with Crippen LogP contribution in [-0.2, 0) is 0 Å². The molecule has 3 heteroatoms. The molecule has 2 rings (SSSR count). The molecule has 2 aromatic rings. The van der Waals surface area contributed by atoms with E-state index in [1.54, 1.807) is 0 Å². The molecule has 0 aliphatic carbocycles. The summed E-state index contributed by atoms with van der Waals surface area (Å²) in [7, 11) is 0. The van der Waals surface area contributed by atoms with E-state index in [1.165, 1.54) is 0 Å². The molecule has 0 aromatic heterocycles. The third-order valence-corrected chi connectivity index (χ3v) is 3.50. The number of fused-ring (bicyclic) bond motifs is 1. The maximum atomic E-state index is 5.94. The van der Waals surface area contributed by atoms with E-state index in [1.807, 2.05) is 31.2 Å². The lowest BCUT2D eigenvalue weighted by Gasteiger charge is -2.11. The van der Waals surface area contributed by atoms with E-state index in [-0.39, 0.29) is 0 Å². The minimum absolute atomic E-state index is 0.663. The van der Waals surface area contributed by atoms with Crippen LogP contribution in [0.3, 0.4) is 0 Å². The third kappa shape index (κ3) is 1.16. The van der Waals surface area contributed by atoms with Gasteiger partial charge in [-0.25, -0.2) is 0 Å². The highest BCUT2D eigenvalue weighted by molar-refractivity contribution is 9.10. The van der Waals surface area contributed by atoms with Crippen molar-refractivity contribution in [1.29, 1.82) is 0 Å². The zero-order chi connectivity index (χ0) is 10.3. The molecule has 0 atom stereocenters. The molecule has 0 aliphatic heterocycles. The Morgan fingerprint density at radius 3 is 2.21 bits per heavy atom. The second kappa shape index (κ2) is 3.17. The first-order valence-electron chi connectivity index (χ1n) is 4.34. The van der Waals surface area contributed by atoms with Gasteiger partial charge in [-0.15, -0.1) is 0 Å². The average Bonchev–Trinajstić information content (AvgIpc) is 2.23. The van der Waals surface area contributed by atoms with Crippen molar-refractivity contribution in [1.82, 2.24) is 0 Å². The zero-order valence-corrected chi connectivity index (χ0v) is 9.43. The fourth-order valence-electron chi connectivity index (χ4n) is 1.58. The number of benzene rings is 2. The van der Waals surface area contributed by atoms with E-state index >= 15 is 0 Å². The molecule has 4 N–H and O–H groups in total. The van der Waals surface area contributed by atoms with Gasteiger partial charge in [-0.05, 0) is 33.8 Å². The monoisotopic (exact) mass is 250 g/mol.